The molecule has 1 aliphatic carbocycles. The fourth-order valence-electron chi connectivity index (χ4n) is 3.53. The molecule has 116 valence electrons. The quantitative estimate of drug-likeness (QED) is 0.735. The van der Waals surface area contributed by atoms with Gasteiger partial charge in [0.05, 0.1) is 6.10 Å². The maximum Gasteiger partial charge on any atom is 0.225 e. The summed E-state index contributed by atoms with van der Waals surface area (Å²) >= 11 is 0. The van der Waals surface area contributed by atoms with Gasteiger partial charge in [0.1, 0.15) is 0 Å². The lowest BCUT2D eigenvalue weighted by molar-refractivity contribution is -0.133. The highest BCUT2D eigenvalue weighted by molar-refractivity contribution is 5.82. The third kappa shape index (κ3) is 3.73. The van der Waals surface area contributed by atoms with Crippen LogP contribution in [-0.2, 0) is 4.79 Å². The van der Waals surface area contributed by atoms with Gasteiger partial charge < -0.3 is 15.7 Å². The predicted molar refractivity (Wildman–Crippen MR) is 80.3 cm³/mol. The SMILES string of the molecule is CC(C)(C(=O)NCC1CCCCC1O)C1CCCNC1. The third-order valence-corrected chi connectivity index (χ3v) is 5.30. The Morgan fingerprint density at radius 3 is 2.65 bits per heavy atom. The van der Waals surface area contributed by atoms with Gasteiger partial charge in [-0.05, 0) is 44.7 Å². The van der Waals surface area contributed by atoms with Crippen LogP contribution in [0.2, 0.25) is 0 Å². The van der Waals surface area contributed by atoms with Crippen molar-refractivity contribution < 1.29 is 9.90 Å². The average Bonchev–Trinajstić information content (AvgIpc) is 2.47. The lowest BCUT2D eigenvalue weighted by atomic mass is 9.74. The molecule has 1 aliphatic heterocycles. The maximum atomic E-state index is 12.5. The van der Waals surface area contributed by atoms with E-state index in [0.29, 0.717) is 12.5 Å². The molecule has 1 saturated carbocycles. The van der Waals surface area contributed by atoms with Crippen LogP contribution in [0, 0.1) is 17.3 Å². The standard InChI is InChI=1S/C16H30N2O2/c1-16(2,13-7-5-9-17-11-13)15(20)18-10-12-6-3-4-8-14(12)19/h12-14,17,19H,3-11H2,1-2H3,(H,18,20). The van der Waals surface area contributed by atoms with Crippen molar-refractivity contribution in [2.24, 2.45) is 17.3 Å². The first-order valence-electron chi connectivity index (χ1n) is 8.19. The molecule has 3 N–H and O–H groups in total. The first-order valence-corrected chi connectivity index (χ1v) is 8.19. The first-order chi connectivity index (χ1) is 9.51. The molecule has 0 aromatic rings. The van der Waals surface area contributed by atoms with E-state index in [0.717, 1.165) is 45.2 Å². The second kappa shape index (κ2) is 6.90. The number of aliphatic hydroxyl groups excluding tert-OH is 1. The topological polar surface area (TPSA) is 61.4 Å². The summed E-state index contributed by atoms with van der Waals surface area (Å²) in [6.45, 7) is 6.74. The molecule has 0 bridgehead atoms. The lowest BCUT2D eigenvalue weighted by Gasteiger charge is -2.37. The number of hydrogen-bond acceptors (Lipinski definition) is 3. The molecule has 3 atom stereocenters. The van der Waals surface area contributed by atoms with Crippen LogP contribution in [0.15, 0.2) is 0 Å². The van der Waals surface area contributed by atoms with Gasteiger partial charge in [-0.25, -0.2) is 0 Å². The molecule has 2 aliphatic rings. The zero-order chi connectivity index (χ0) is 14.6. The maximum absolute atomic E-state index is 12.5. The monoisotopic (exact) mass is 282 g/mol. The van der Waals surface area contributed by atoms with Crippen molar-refractivity contribution in [3.8, 4) is 0 Å². The zero-order valence-electron chi connectivity index (χ0n) is 13.0. The van der Waals surface area contributed by atoms with Crippen molar-refractivity contribution >= 4 is 5.91 Å². The molecule has 1 heterocycles. The Bertz CT molecular complexity index is 324. The molecule has 1 amide bonds. The van der Waals surface area contributed by atoms with Crippen molar-refractivity contribution in [2.75, 3.05) is 19.6 Å². The average molecular weight is 282 g/mol. The summed E-state index contributed by atoms with van der Waals surface area (Å²) in [6, 6.07) is 0. The first kappa shape index (κ1) is 15.8. The molecule has 1 saturated heterocycles. The largest absolute Gasteiger partial charge is 0.393 e. The van der Waals surface area contributed by atoms with E-state index >= 15 is 0 Å². The van der Waals surface area contributed by atoms with Gasteiger partial charge in [0.15, 0.2) is 0 Å². The molecule has 0 radical (unpaired) electrons. The van der Waals surface area contributed by atoms with Gasteiger partial charge in [-0.3, -0.25) is 4.79 Å². The Kier molecular flexibility index (Phi) is 5.44. The van der Waals surface area contributed by atoms with Crippen LogP contribution < -0.4 is 10.6 Å². The molecule has 0 aromatic heterocycles. The molecule has 4 nitrogen and oxygen atoms in total. The van der Waals surface area contributed by atoms with Crippen molar-refractivity contribution in [1.29, 1.82) is 0 Å². The van der Waals surface area contributed by atoms with Crippen LogP contribution >= 0.6 is 0 Å². The van der Waals surface area contributed by atoms with Gasteiger partial charge in [-0.1, -0.05) is 26.7 Å². The highest BCUT2D eigenvalue weighted by Gasteiger charge is 2.37. The number of aliphatic hydroxyl groups is 1. The van der Waals surface area contributed by atoms with Crippen LogP contribution in [0.1, 0.15) is 52.4 Å². The summed E-state index contributed by atoms with van der Waals surface area (Å²) in [5, 5.41) is 16.5. The Morgan fingerprint density at radius 2 is 2.00 bits per heavy atom. The second-order valence-electron chi connectivity index (χ2n) is 7.09. The lowest BCUT2D eigenvalue weighted by Crippen LogP contribution is -2.49. The van der Waals surface area contributed by atoms with E-state index in [-0.39, 0.29) is 23.3 Å². The van der Waals surface area contributed by atoms with Gasteiger partial charge >= 0.3 is 0 Å². The van der Waals surface area contributed by atoms with Gasteiger partial charge in [0.25, 0.3) is 0 Å². The number of carbonyl (C=O) groups excluding carboxylic acids is 1. The molecule has 3 unspecified atom stereocenters. The number of nitrogens with one attached hydrogen (secondary N) is 2. The van der Waals surface area contributed by atoms with E-state index in [4.69, 9.17) is 0 Å². The van der Waals surface area contributed by atoms with Crippen LogP contribution in [0.4, 0.5) is 0 Å². The minimum absolute atomic E-state index is 0.143. The second-order valence-corrected chi connectivity index (χ2v) is 7.09. The van der Waals surface area contributed by atoms with Crippen LogP contribution in [-0.4, -0.2) is 36.8 Å². The number of carbonyl (C=O) groups is 1. The van der Waals surface area contributed by atoms with E-state index in [1.165, 1.54) is 6.42 Å². The Hall–Kier alpha value is -0.610. The Labute approximate surface area is 122 Å². The van der Waals surface area contributed by atoms with Crippen molar-refractivity contribution in [2.45, 2.75) is 58.5 Å². The fraction of sp³-hybridized carbons (Fsp3) is 0.938. The Morgan fingerprint density at radius 1 is 1.25 bits per heavy atom. The summed E-state index contributed by atoms with van der Waals surface area (Å²) < 4.78 is 0. The molecule has 0 aromatic carbocycles. The number of hydrogen-bond donors (Lipinski definition) is 3. The summed E-state index contributed by atoms with van der Waals surface area (Å²) in [5.74, 6) is 0.796. The van der Waals surface area contributed by atoms with E-state index in [9.17, 15) is 9.90 Å². The van der Waals surface area contributed by atoms with E-state index < -0.39 is 0 Å². The molecule has 4 heteroatoms. The fourth-order valence-corrected chi connectivity index (χ4v) is 3.53. The predicted octanol–water partition coefficient (Wildman–Crippen LogP) is 1.68. The highest BCUT2D eigenvalue weighted by Crippen LogP contribution is 2.32. The van der Waals surface area contributed by atoms with Crippen LogP contribution in [0.3, 0.4) is 0 Å². The number of piperidine rings is 1. The molecule has 20 heavy (non-hydrogen) atoms. The highest BCUT2D eigenvalue weighted by atomic mass is 16.3. The van der Waals surface area contributed by atoms with E-state index in [2.05, 4.69) is 24.5 Å². The Balaban J connectivity index is 1.83. The molecular formula is C16H30N2O2. The molecule has 2 fully saturated rings. The smallest absolute Gasteiger partial charge is 0.225 e. The summed E-state index contributed by atoms with van der Waals surface area (Å²) in [7, 11) is 0. The van der Waals surface area contributed by atoms with Crippen LogP contribution in [0.25, 0.3) is 0 Å². The molecule has 0 spiro atoms. The zero-order valence-corrected chi connectivity index (χ0v) is 13.0. The van der Waals surface area contributed by atoms with E-state index in [1.807, 2.05) is 0 Å². The van der Waals surface area contributed by atoms with Gasteiger partial charge in [0, 0.05) is 17.9 Å². The van der Waals surface area contributed by atoms with Crippen molar-refractivity contribution in [1.82, 2.24) is 10.6 Å². The van der Waals surface area contributed by atoms with Gasteiger partial charge in [-0.15, -0.1) is 0 Å². The number of amides is 1. The van der Waals surface area contributed by atoms with E-state index in [1.54, 1.807) is 0 Å². The minimum Gasteiger partial charge on any atom is -0.393 e. The van der Waals surface area contributed by atoms with Crippen molar-refractivity contribution in [3.05, 3.63) is 0 Å². The van der Waals surface area contributed by atoms with Gasteiger partial charge in [-0.2, -0.15) is 0 Å². The van der Waals surface area contributed by atoms with Crippen LogP contribution in [0.5, 0.6) is 0 Å². The third-order valence-electron chi connectivity index (χ3n) is 5.30. The summed E-state index contributed by atoms with van der Waals surface area (Å²) in [5.41, 5.74) is -0.326. The molecule has 2 rings (SSSR count). The normalized spacial score (nSPS) is 31.9. The summed E-state index contributed by atoms with van der Waals surface area (Å²) in [6.07, 6.45) is 6.26. The molecular weight excluding hydrogens is 252 g/mol. The summed E-state index contributed by atoms with van der Waals surface area (Å²) in [4.78, 5) is 12.5. The van der Waals surface area contributed by atoms with Gasteiger partial charge in [0.2, 0.25) is 5.91 Å². The van der Waals surface area contributed by atoms with Crippen molar-refractivity contribution in [3.63, 3.8) is 0 Å². The minimum atomic E-state index is -0.326. The number of rotatable bonds is 4.